The van der Waals surface area contributed by atoms with Crippen molar-refractivity contribution in [3.05, 3.63) is 65.9 Å². The zero-order chi connectivity index (χ0) is 16.2. The maximum Gasteiger partial charge on any atom is 0.220 e. The minimum absolute atomic E-state index is 0.0168. The molecule has 4 nitrogen and oxygen atoms in total. The van der Waals surface area contributed by atoms with E-state index in [-0.39, 0.29) is 11.8 Å². The van der Waals surface area contributed by atoms with E-state index >= 15 is 0 Å². The predicted octanol–water partition coefficient (Wildman–Crippen LogP) is 3.44. The molecule has 1 amide bonds. The van der Waals surface area contributed by atoms with Crippen molar-refractivity contribution in [3.63, 3.8) is 0 Å². The fraction of sp³-hybridized carbons (Fsp3) is 0.211. The third-order valence-electron chi connectivity index (χ3n) is 4.16. The van der Waals surface area contributed by atoms with Crippen LogP contribution in [0.3, 0.4) is 0 Å². The molecular formula is C19H20N2O2. The summed E-state index contributed by atoms with van der Waals surface area (Å²) in [4.78, 5) is 15.3. The number of H-pyrrole nitrogens is 1. The molecule has 1 aromatic heterocycles. The number of carbonyl (C=O) groups excluding carboxylic acids is 1. The van der Waals surface area contributed by atoms with Gasteiger partial charge >= 0.3 is 0 Å². The summed E-state index contributed by atoms with van der Waals surface area (Å²) in [5.41, 5.74) is 3.20. The number of ether oxygens (including phenoxy) is 1. The van der Waals surface area contributed by atoms with Crippen LogP contribution in [-0.2, 0) is 4.79 Å². The lowest BCUT2D eigenvalue weighted by Gasteiger charge is -2.17. The normalized spacial score (nSPS) is 12.1. The van der Waals surface area contributed by atoms with E-state index in [9.17, 15) is 4.79 Å². The van der Waals surface area contributed by atoms with Crippen LogP contribution in [0.1, 0.15) is 23.5 Å². The van der Waals surface area contributed by atoms with E-state index in [0.29, 0.717) is 6.42 Å². The van der Waals surface area contributed by atoms with Gasteiger partial charge in [-0.25, -0.2) is 0 Å². The predicted molar refractivity (Wildman–Crippen MR) is 91.8 cm³/mol. The second-order valence-electron chi connectivity index (χ2n) is 5.47. The van der Waals surface area contributed by atoms with Crippen molar-refractivity contribution in [2.24, 2.45) is 0 Å². The lowest BCUT2D eigenvalue weighted by molar-refractivity contribution is -0.120. The number of hydrogen-bond donors (Lipinski definition) is 2. The van der Waals surface area contributed by atoms with E-state index in [1.54, 1.807) is 14.2 Å². The molecule has 0 bridgehead atoms. The van der Waals surface area contributed by atoms with Gasteiger partial charge in [0.1, 0.15) is 5.75 Å². The summed E-state index contributed by atoms with van der Waals surface area (Å²) >= 11 is 0. The van der Waals surface area contributed by atoms with Crippen LogP contribution in [0.25, 0.3) is 10.9 Å². The van der Waals surface area contributed by atoms with Gasteiger partial charge in [-0.3, -0.25) is 4.79 Å². The molecule has 0 saturated carbocycles. The second kappa shape index (κ2) is 6.57. The molecule has 23 heavy (non-hydrogen) atoms. The largest absolute Gasteiger partial charge is 0.496 e. The first-order valence-corrected chi connectivity index (χ1v) is 7.64. The zero-order valence-corrected chi connectivity index (χ0v) is 13.3. The summed E-state index contributed by atoms with van der Waals surface area (Å²) in [6, 6.07) is 16.0. The number of aromatic nitrogens is 1. The highest BCUT2D eigenvalue weighted by atomic mass is 16.5. The molecule has 0 aliphatic carbocycles. The van der Waals surface area contributed by atoms with Crippen LogP contribution in [0.5, 0.6) is 5.75 Å². The monoisotopic (exact) mass is 308 g/mol. The number of hydrogen-bond acceptors (Lipinski definition) is 2. The van der Waals surface area contributed by atoms with Gasteiger partial charge in [0.25, 0.3) is 0 Å². The van der Waals surface area contributed by atoms with Gasteiger partial charge in [-0.05, 0) is 23.3 Å². The Hall–Kier alpha value is -2.75. The minimum atomic E-state index is -0.0267. The first kappa shape index (κ1) is 15.2. The molecule has 0 fully saturated rings. The molecule has 2 aromatic carbocycles. The van der Waals surface area contributed by atoms with E-state index in [2.05, 4.69) is 22.4 Å². The number of rotatable bonds is 5. The van der Waals surface area contributed by atoms with Crippen molar-refractivity contribution in [2.75, 3.05) is 14.2 Å². The number of amides is 1. The number of fused-ring (bicyclic) bond motifs is 1. The summed E-state index contributed by atoms with van der Waals surface area (Å²) in [5, 5.41) is 3.76. The van der Waals surface area contributed by atoms with E-state index < -0.39 is 0 Å². The molecule has 2 N–H and O–H groups in total. The summed E-state index contributed by atoms with van der Waals surface area (Å²) < 4.78 is 5.52. The Labute approximate surface area is 135 Å². The van der Waals surface area contributed by atoms with Crippen molar-refractivity contribution in [1.29, 1.82) is 0 Å². The molecule has 4 heteroatoms. The third-order valence-corrected chi connectivity index (χ3v) is 4.16. The van der Waals surface area contributed by atoms with Gasteiger partial charge in [0, 0.05) is 36.5 Å². The van der Waals surface area contributed by atoms with Gasteiger partial charge in [-0.1, -0.05) is 36.4 Å². The van der Waals surface area contributed by atoms with E-state index in [0.717, 1.165) is 27.8 Å². The Balaban J connectivity index is 2.15. The summed E-state index contributed by atoms with van der Waals surface area (Å²) in [5.74, 6) is 0.806. The maximum atomic E-state index is 12.0. The third kappa shape index (κ3) is 2.93. The number of benzene rings is 2. The van der Waals surface area contributed by atoms with Crippen molar-refractivity contribution in [2.45, 2.75) is 12.3 Å². The maximum absolute atomic E-state index is 12.0. The van der Waals surface area contributed by atoms with Crippen LogP contribution in [0.2, 0.25) is 0 Å². The van der Waals surface area contributed by atoms with Crippen LogP contribution in [0, 0.1) is 0 Å². The number of nitrogens with one attached hydrogen (secondary N) is 2. The van der Waals surface area contributed by atoms with E-state index in [1.165, 1.54) is 0 Å². The molecule has 118 valence electrons. The van der Waals surface area contributed by atoms with Gasteiger partial charge in [0.05, 0.1) is 7.11 Å². The standard InChI is InChI=1S/C19H20N2O2/c1-20-18(22)11-14(13-7-4-3-5-8-13)15-12-21-16-9-6-10-17(23-2)19(15)16/h3-10,12,14,21H,11H2,1-2H3,(H,20,22)/t14-/m0/s1. The highest BCUT2D eigenvalue weighted by Crippen LogP contribution is 2.37. The Kier molecular flexibility index (Phi) is 4.33. The molecule has 0 spiro atoms. The van der Waals surface area contributed by atoms with Crippen molar-refractivity contribution in [1.82, 2.24) is 10.3 Å². The topological polar surface area (TPSA) is 54.1 Å². The average Bonchev–Trinajstić information content (AvgIpc) is 3.04. The van der Waals surface area contributed by atoms with Crippen LogP contribution >= 0.6 is 0 Å². The molecule has 0 unspecified atom stereocenters. The van der Waals surface area contributed by atoms with Crippen LogP contribution in [-0.4, -0.2) is 25.0 Å². The number of methoxy groups -OCH3 is 1. The highest BCUT2D eigenvalue weighted by Gasteiger charge is 2.22. The minimum Gasteiger partial charge on any atom is -0.496 e. The quantitative estimate of drug-likeness (QED) is 0.758. The van der Waals surface area contributed by atoms with Gasteiger partial charge in [0.15, 0.2) is 0 Å². The average molecular weight is 308 g/mol. The van der Waals surface area contributed by atoms with E-state index in [4.69, 9.17) is 4.74 Å². The molecular weight excluding hydrogens is 288 g/mol. The molecule has 1 heterocycles. The Bertz CT molecular complexity index is 809. The number of aromatic amines is 1. The smallest absolute Gasteiger partial charge is 0.220 e. The molecule has 1 atom stereocenters. The first-order chi connectivity index (χ1) is 11.2. The fourth-order valence-electron chi connectivity index (χ4n) is 3.00. The Morgan fingerprint density at radius 2 is 1.96 bits per heavy atom. The lowest BCUT2D eigenvalue weighted by Crippen LogP contribution is -2.21. The molecule has 0 radical (unpaired) electrons. The molecule has 0 aliphatic heterocycles. The van der Waals surface area contributed by atoms with Gasteiger partial charge in [-0.15, -0.1) is 0 Å². The lowest BCUT2D eigenvalue weighted by atomic mass is 9.88. The zero-order valence-electron chi connectivity index (χ0n) is 13.3. The van der Waals surface area contributed by atoms with Crippen molar-refractivity contribution < 1.29 is 9.53 Å². The molecule has 0 aliphatic rings. The van der Waals surface area contributed by atoms with Crippen LogP contribution < -0.4 is 10.1 Å². The van der Waals surface area contributed by atoms with E-state index in [1.807, 2.05) is 42.6 Å². The highest BCUT2D eigenvalue weighted by molar-refractivity contribution is 5.91. The summed E-state index contributed by atoms with van der Waals surface area (Å²) in [6.45, 7) is 0. The van der Waals surface area contributed by atoms with Crippen LogP contribution in [0.4, 0.5) is 0 Å². The van der Waals surface area contributed by atoms with Crippen LogP contribution in [0.15, 0.2) is 54.7 Å². The van der Waals surface area contributed by atoms with Crippen molar-refractivity contribution >= 4 is 16.8 Å². The summed E-state index contributed by atoms with van der Waals surface area (Å²) in [6.07, 6.45) is 2.37. The summed E-state index contributed by atoms with van der Waals surface area (Å²) in [7, 11) is 3.34. The second-order valence-corrected chi connectivity index (χ2v) is 5.47. The molecule has 0 saturated heterocycles. The van der Waals surface area contributed by atoms with Crippen molar-refractivity contribution in [3.8, 4) is 5.75 Å². The first-order valence-electron chi connectivity index (χ1n) is 7.64. The van der Waals surface area contributed by atoms with Gasteiger partial charge < -0.3 is 15.0 Å². The Morgan fingerprint density at radius 1 is 1.17 bits per heavy atom. The molecule has 3 aromatic rings. The van der Waals surface area contributed by atoms with Gasteiger partial charge in [0.2, 0.25) is 5.91 Å². The fourth-order valence-corrected chi connectivity index (χ4v) is 3.00. The van der Waals surface area contributed by atoms with Gasteiger partial charge in [-0.2, -0.15) is 0 Å². The molecule has 3 rings (SSSR count). The number of carbonyl (C=O) groups is 1. The Morgan fingerprint density at radius 3 is 2.65 bits per heavy atom. The SMILES string of the molecule is CNC(=O)C[C@@H](c1ccccc1)c1c[nH]c2cccc(OC)c12.